The Kier molecular flexibility index (Phi) is 4.96. The van der Waals surface area contributed by atoms with Gasteiger partial charge in [-0.25, -0.2) is 4.79 Å². The Hall–Kier alpha value is -3.72. The van der Waals surface area contributed by atoms with Crippen LogP contribution in [0.3, 0.4) is 0 Å². The van der Waals surface area contributed by atoms with E-state index in [1.54, 1.807) is 37.6 Å². The van der Waals surface area contributed by atoms with Crippen LogP contribution in [0.4, 0.5) is 16.2 Å². The molecule has 0 aliphatic carbocycles. The van der Waals surface area contributed by atoms with Gasteiger partial charge in [-0.05, 0) is 42.8 Å². The van der Waals surface area contributed by atoms with Gasteiger partial charge in [-0.2, -0.15) is 5.10 Å². The lowest BCUT2D eigenvalue weighted by Crippen LogP contribution is -2.31. The van der Waals surface area contributed by atoms with E-state index in [2.05, 4.69) is 20.8 Å². The monoisotopic (exact) mass is 393 g/mol. The first kappa shape index (κ1) is 18.6. The van der Waals surface area contributed by atoms with Crippen molar-refractivity contribution in [3.8, 4) is 0 Å². The molecule has 9 heteroatoms. The van der Waals surface area contributed by atoms with Crippen LogP contribution in [0.2, 0.25) is 0 Å². The van der Waals surface area contributed by atoms with Crippen molar-refractivity contribution in [1.29, 1.82) is 0 Å². The summed E-state index contributed by atoms with van der Waals surface area (Å²) in [5.74, 6) is -0.695. The van der Waals surface area contributed by atoms with Gasteiger partial charge in [0.1, 0.15) is 0 Å². The number of carbonyl (C=O) groups excluding carboxylic acids is 3. The summed E-state index contributed by atoms with van der Waals surface area (Å²) in [7, 11) is 1.57. The molecule has 0 fully saturated rings. The molecule has 148 valence electrons. The molecule has 0 unspecified atom stereocenters. The van der Waals surface area contributed by atoms with Crippen LogP contribution >= 0.6 is 0 Å². The molecule has 3 aromatic rings. The summed E-state index contributed by atoms with van der Waals surface area (Å²) in [5.41, 5.74) is 2.44. The fourth-order valence-electron chi connectivity index (χ4n) is 3.25. The Morgan fingerprint density at radius 2 is 1.79 bits per heavy atom. The van der Waals surface area contributed by atoms with E-state index >= 15 is 0 Å². The Labute approximate surface area is 166 Å². The van der Waals surface area contributed by atoms with E-state index < -0.39 is 6.03 Å². The number of nitrogens with zero attached hydrogens (tertiary/aromatic N) is 2. The van der Waals surface area contributed by atoms with E-state index in [4.69, 9.17) is 4.74 Å². The van der Waals surface area contributed by atoms with Gasteiger partial charge in [-0.1, -0.05) is 0 Å². The molecule has 29 heavy (non-hydrogen) atoms. The van der Waals surface area contributed by atoms with Gasteiger partial charge in [-0.15, -0.1) is 0 Å². The van der Waals surface area contributed by atoms with Crippen molar-refractivity contribution in [1.82, 2.24) is 15.1 Å². The Morgan fingerprint density at radius 3 is 2.59 bits per heavy atom. The lowest BCUT2D eigenvalue weighted by molar-refractivity contribution is 0.0638. The molecule has 1 aromatic heterocycles. The molecule has 4 amide bonds. The van der Waals surface area contributed by atoms with Gasteiger partial charge in [0, 0.05) is 37.0 Å². The molecule has 1 aliphatic heterocycles. The number of hydrogen-bond donors (Lipinski definition) is 3. The SMILES string of the molecule is COCCCN1C(=O)c2ccc(NC(=O)Nc3ccc4cn[nH]c4c3)cc2C1=O. The number of ether oxygens (including phenoxy) is 1. The molecule has 0 spiro atoms. The molecule has 3 N–H and O–H groups in total. The molecule has 4 rings (SSSR count). The molecule has 0 saturated heterocycles. The van der Waals surface area contributed by atoms with Gasteiger partial charge in [-0.3, -0.25) is 19.6 Å². The van der Waals surface area contributed by atoms with Crippen LogP contribution in [0.5, 0.6) is 0 Å². The van der Waals surface area contributed by atoms with Gasteiger partial charge < -0.3 is 15.4 Å². The number of imide groups is 1. The summed E-state index contributed by atoms with van der Waals surface area (Å²) < 4.78 is 4.97. The number of aromatic nitrogens is 2. The summed E-state index contributed by atoms with van der Waals surface area (Å²) in [6.07, 6.45) is 2.26. The fraction of sp³-hybridized carbons (Fsp3) is 0.200. The number of H-pyrrole nitrogens is 1. The molecule has 0 bridgehead atoms. The topological polar surface area (TPSA) is 116 Å². The molecular weight excluding hydrogens is 374 g/mol. The number of carbonyl (C=O) groups is 3. The van der Waals surface area contributed by atoms with E-state index in [-0.39, 0.29) is 17.4 Å². The summed E-state index contributed by atoms with van der Waals surface area (Å²) in [6, 6.07) is 9.58. The Balaban J connectivity index is 1.45. The molecule has 0 saturated carbocycles. The van der Waals surface area contributed by atoms with Crippen LogP contribution in [-0.4, -0.2) is 53.2 Å². The van der Waals surface area contributed by atoms with Crippen LogP contribution in [0.15, 0.2) is 42.6 Å². The minimum atomic E-state index is -0.461. The first-order chi connectivity index (χ1) is 14.1. The second-order valence-corrected chi connectivity index (χ2v) is 6.62. The highest BCUT2D eigenvalue weighted by molar-refractivity contribution is 6.22. The maximum absolute atomic E-state index is 12.6. The van der Waals surface area contributed by atoms with Crippen molar-refractivity contribution in [2.45, 2.75) is 6.42 Å². The summed E-state index contributed by atoms with van der Waals surface area (Å²) >= 11 is 0. The average molecular weight is 393 g/mol. The minimum absolute atomic E-state index is 0.282. The number of fused-ring (bicyclic) bond motifs is 2. The molecule has 1 aliphatic rings. The first-order valence-electron chi connectivity index (χ1n) is 9.07. The third-order valence-corrected chi connectivity index (χ3v) is 4.66. The zero-order chi connectivity index (χ0) is 20.4. The van der Waals surface area contributed by atoms with E-state index in [0.717, 1.165) is 10.9 Å². The Bertz CT molecular complexity index is 1110. The summed E-state index contributed by atoms with van der Waals surface area (Å²) in [5, 5.41) is 13.1. The second-order valence-electron chi connectivity index (χ2n) is 6.62. The number of anilines is 2. The maximum atomic E-state index is 12.6. The van der Waals surface area contributed by atoms with Crippen LogP contribution in [-0.2, 0) is 4.74 Å². The normalized spacial score (nSPS) is 13.1. The van der Waals surface area contributed by atoms with Gasteiger partial charge in [0.05, 0.1) is 22.8 Å². The standard InChI is InChI=1S/C20H19N5O4/c1-29-8-2-7-25-18(26)15-6-5-13(9-16(15)19(25)27)22-20(28)23-14-4-3-12-11-21-24-17(12)10-14/h3-6,9-11H,2,7-8H2,1H3,(H,21,24)(H2,22,23,28). The molecule has 0 atom stereocenters. The number of rotatable bonds is 6. The largest absolute Gasteiger partial charge is 0.385 e. The quantitative estimate of drug-likeness (QED) is 0.440. The van der Waals surface area contributed by atoms with Crippen LogP contribution < -0.4 is 10.6 Å². The summed E-state index contributed by atoms with van der Waals surface area (Å²) in [4.78, 5) is 38.5. The highest BCUT2D eigenvalue weighted by Crippen LogP contribution is 2.26. The smallest absolute Gasteiger partial charge is 0.323 e. The minimum Gasteiger partial charge on any atom is -0.385 e. The van der Waals surface area contributed by atoms with E-state index in [1.807, 2.05) is 6.07 Å². The number of hydrogen-bond acceptors (Lipinski definition) is 5. The van der Waals surface area contributed by atoms with Crippen molar-refractivity contribution < 1.29 is 19.1 Å². The molecule has 0 radical (unpaired) electrons. The van der Waals surface area contributed by atoms with Gasteiger partial charge in [0.25, 0.3) is 11.8 Å². The number of benzene rings is 2. The number of amides is 4. The highest BCUT2D eigenvalue weighted by Gasteiger charge is 2.35. The molecule has 2 aromatic carbocycles. The summed E-state index contributed by atoms with van der Waals surface area (Å²) in [6.45, 7) is 0.754. The van der Waals surface area contributed by atoms with Crippen molar-refractivity contribution in [3.63, 3.8) is 0 Å². The second kappa shape index (κ2) is 7.72. The molecule has 9 nitrogen and oxygen atoms in total. The van der Waals surface area contributed by atoms with Crippen LogP contribution in [0.25, 0.3) is 10.9 Å². The zero-order valence-corrected chi connectivity index (χ0v) is 15.7. The predicted molar refractivity (Wildman–Crippen MR) is 107 cm³/mol. The van der Waals surface area contributed by atoms with Crippen molar-refractivity contribution >= 4 is 40.1 Å². The van der Waals surface area contributed by atoms with Gasteiger partial charge in [0.2, 0.25) is 0 Å². The molecular formula is C20H19N5O4. The zero-order valence-electron chi connectivity index (χ0n) is 15.7. The van der Waals surface area contributed by atoms with Crippen molar-refractivity contribution in [2.24, 2.45) is 0 Å². The van der Waals surface area contributed by atoms with Crippen molar-refractivity contribution in [3.05, 3.63) is 53.7 Å². The predicted octanol–water partition coefficient (Wildman–Crippen LogP) is 2.84. The number of aromatic amines is 1. The third-order valence-electron chi connectivity index (χ3n) is 4.66. The molecule has 2 heterocycles. The van der Waals surface area contributed by atoms with E-state index in [1.165, 1.54) is 11.0 Å². The van der Waals surface area contributed by atoms with Crippen LogP contribution in [0, 0.1) is 0 Å². The maximum Gasteiger partial charge on any atom is 0.323 e. The highest BCUT2D eigenvalue weighted by atomic mass is 16.5. The lowest BCUT2D eigenvalue weighted by atomic mass is 10.1. The van der Waals surface area contributed by atoms with Gasteiger partial charge >= 0.3 is 6.03 Å². The third kappa shape index (κ3) is 3.67. The number of urea groups is 1. The number of nitrogens with one attached hydrogen (secondary N) is 3. The van der Waals surface area contributed by atoms with E-state index in [0.29, 0.717) is 36.5 Å². The lowest BCUT2D eigenvalue weighted by Gasteiger charge is -2.12. The van der Waals surface area contributed by atoms with Crippen LogP contribution in [0.1, 0.15) is 27.1 Å². The average Bonchev–Trinajstić information content (AvgIpc) is 3.26. The van der Waals surface area contributed by atoms with Gasteiger partial charge in [0.15, 0.2) is 0 Å². The fourth-order valence-corrected chi connectivity index (χ4v) is 3.25. The van der Waals surface area contributed by atoms with Crippen molar-refractivity contribution in [2.75, 3.05) is 30.9 Å². The van der Waals surface area contributed by atoms with E-state index in [9.17, 15) is 14.4 Å². The number of methoxy groups -OCH3 is 1. The first-order valence-corrected chi connectivity index (χ1v) is 9.07. The Morgan fingerprint density at radius 1 is 1.07 bits per heavy atom.